The number of aromatic nitrogens is 3. The fraction of sp³-hybridized carbons (Fsp3) is 0.0625. The average Bonchev–Trinajstić information content (AvgIpc) is 3.08. The number of aryl methyl sites for hydroxylation is 1. The van der Waals surface area contributed by atoms with Crippen LogP contribution in [0.25, 0.3) is 15.7 Å². The van der Waals surface area contributed by atoms with Crippen molar-refractivity contribution in [1.82, 2.24) is 14.6 Å². The molecule has 5 nitrogen and oxygen atoms in total. The molecule has 0 aliphatic heterocycles. The van der Waals surface area contributed by atoms with Crippen molar-refractivity contribution in [3.63, 3.8) is 0 Å². The van der Waals surface area contributed by atoms with Gasteiger partial charge in [0.05, 0.1) is 20.8 Å². The van der Waals surface area contributed by atoms with Crippen molar-refractivity contribution in [1.29, 1.82) is 0 Å². The van der Waals surface area contributed by atoms with E-state index in [4.69, 9.17) is 11.6 Å². The van der Waals surface area contributed by atoms with Crippen molar-refractivity contribution in [3.8, 4) is 0 Å². The monoisotopic (exact) mass is 342 g/mol. The summed E-state index contributed by atoms with van der Waals surface area (Å²) < 4.78 is 2.61. The lowest BCUT2D eigenvalue weighted by Gasteiger charge is -1.97. The summed E-state index contributed by atoms with van der Waals surface area (Å²) >= 11 is 7.68. The predicted octanol–water partition coefficient (Wildman–Crippen LogP) is 4.16. The summed E-state index contributed by atoms with van der Waals surface area (Å²) in [4.78, 5) is 16.9. The number of nitrogens with zero attached hydrogens (tertiary/aromatic N) is 3. The highest BCUT2D eigenvalue weighted by molar-refractivity contribution is 7.22. The molecule has 0 atom stereocenters. The molecule has 1 amide bonds. The zero-order valence-corrected chi connectivity index (χ0v) is 13.6. The summed E-state index contributed by atoms with van der Waals surface area (Å²) in [5.74, 6) is -0.366. The second-order valence-corrected chi connectivity index (χ2v) is 6.55. The van der Waals surface area contributed by atoms with Gasteiger partial charge >= 0.3 is 0 Å². The molecular weight excluding hydrogens is 332 g/mol. The normalized spacial score (nSPS) is 11.2. The maximum absolute atomic E-state index is 12.4. The van der Waals surface area contributed by atoms with Crippen LogP contribution in [-0.2, 0) is 0 Å². The number of anilines is 1. The van der Waals surface area contributed by atoms with Crippen LogP contribution < -0.4 is 5.32 Å². The molecule has 0 saturated carbocycles. The van der Waals surface area contributed by atoms with Gasteiger partial charge in [-0.2, -0.15) is 5.10 Å². The number of hydrogen-bond acceptors (Lipinski definition) is 4. The molecule has 0 aliphatic rings. The van der Waals surface area contributed by atoms with E-state index in [1.165, 1.54) is 11.3 Å². The van der Waals surface area contributed by atoms with Gasteiger partial charge in [0.1, 0.15) is 0 Å². The molecule has 4 aromatic rings. The van der Waals surface area contributed by atoms with E-state index in [-0.39, 0.29) is 11.6 Å². The van der Waals surface area contributed by atoms with E-state index in [0.717, 1.165) is 15.8 Å². The Morgan fingerprint density at radius 3 is 3.00 bits per heavy atom. The summed E-state index contributed by atoms with van der Waals surface area (Å²) in [5.41, 5.74) is 2.90. The van der Waals surface area contributed by atoms with Crippen LogP contribution in [0.15, 0.2) is 42.6 Å². The molecule has 7 heteroatoms. The molecule has 1 aromatic carbocycles. The van der Waals surface area contributed by atoms with Gasteiger partial charge in [-0.3, -0.25) is 10.1 Å². The van der Waals surface area contributed by atoms with Crippen molar-refractivity contribution in [3.05, 3.63) is 58.9 Å². The third-order valence-electron chi connectivity index (χ3n) is 3.46. The van der Waals surface area contributed by atoms with E-state index in [0.29, 0.717) is 15.7 Å². The predicted molar refractivity (Wildman–Crippen MR) is 92.5 cm³/mol. The second kappa shape index (κ2) is 5.33. The zero-order chi connectivity index (χ0) is 16.0. The highest BCUT2D eigenvalue weighted by atomic mass is 35.5. The molecule has 1 N–H and O–H groups in total. The maximum Gasteiger partial charge on any atom is 0.279 e. The summed E-state index contributed by atoms with van der Waals surface area (Å²) in [7, 11) is 0. The standard InChI is InChI=1S/C16H11ClN4OS/c1-9-5-6-10-12(8-9)23-16(18-10)19-15(22)14-13(17)11-4-2-3-7-21(11)20-14/h2-8H,1H3,(H,18,19,22). The number of rotatable bonds is 2. The fourth-order valence-electron chi connectivity index (χ4n) is 2.36. The number of nitrogens with one attached hydrogen (secondary N) is 1. The first-order valence-electron chi connectivity index (χ1n) is 6.93. The Labute approximate surface area is 140 Å². The third-order valence-corrected chi connectivity index (χ3v) is 4.77. The summed E-state index contributed by atoms with van der Waals surface area (Å²) in [6, 6.07) is 11.5. The molecule has 3 heterocycles. The number of amides is 1. The smallest absolute Gasteiger partial charge is 0.279 e. The molecular formula is C16H11ClN4OS. The van der Waals surface area contributed by atoms with Crippen LogP contribution in [0.2, 0.25) is 5.02 Å². The van der Waals surface area contributed by atoms with E-state index >= 15 is 0 Å². The SMILES string of the molecule is Cc1ccc2nc(NC(=O)c3nn4ccccc4c3Cl)sc2c1. The topological polar surface area (TPSA) is 59.3 Å². The van der Waals surface area contributed by atoms with E-state index in [1.54, 1.807) is 10.7 Å². The van der Waals surface area contributed by atoms with Gasteiger partial charge in [-0.1, -0.05) is 35.1 Å². The molecule has 0 unspecified atom stereocenters. The minimum atomic E-state index is -0.366. The summed E-state index contributed by atoms with van der Waals surface area (Å²) in [6.07, 6.45) is 1.75. The number of halogens is 1. The second-order valence-electron chi connectivity index (χ2n) is 5.14. The van der Waals surface area contributed by atoms with E-state index in [1.807, 2.05) is 43.3 Å². The fourth-order valence-corrected chi connectivity index (χ4v) is 3.59. The Morgan fingerprint density at radius 1 is 1.30 bits per heavy atom. The average molecular weight is 343 g/mol. The number of fused-ring (bicyclic) bond motifs is 2. The van der Waals surface area contributed by atoms with E-state index in [9.17, 15) is 4.79 Å². The summed E-state index contributed by atoms with van der Waals surface area (Å²) in [6.45, 7) is 2.02. The zero-order valence-electron chi connectivity index (χ0n) is 12.1. The number of hydrogen-bond donors (Lipinski definition) is 1. The van der Waals surface area contributed by atoms with Gasteiger partial charge in [0.25, 0.3) is 5.91 Å². The van der Waals surface area contributed by atoms with Gasteiger partial charge in [0.15, 0.2) is 10.8 Å². The summed E-state index contributed by atoms with van der Waals surface area (Å²) in [5, 5.41) is 7.87. The number of carbonyl (C=O) groups is 1. The van der Waals surface area contributed by atoms with Crippen molar-refractivity contribution in [2.24, 2.45) is 0 Å². The van der Waals surface area contributed by atoms with Crippen LogP contribution in [0.1, 0.15) is 16.1 Å². The van der Waals surface area contributed by atoms with Gasteiger partial charge in [-0.15, -0.1) is 0 Å². The molecule has 0 spiro atoms. The first-order valence-corrected chi connectivity index (χ1v) is 8.13. The molecule has 114 valence electrons. The molecule has 0 saturated heterocycles. The van der Waals surface area contributed by atoms with Gasteiger partial charge in [-0.25, -0.2) is 9.50 Å². The molecule has 0 fully saturated rings. The van der Waals surface area contributed by atoms with Crippen LogP contribution in [-0.4, -0.2) is 20.5 Å². The minimum Gasteiger partial charge on any atom is -0.296 e. The highest BCUT2D eigenvalue weighted by Crippen LogP contribution is 2.28. The first kappa shape index (κ1) is 14.2. The number of pyridine rings is 1. The van der Waals surface area contributed by atoms with Crippen LogP contribution in [0, 0.1) is 6.92 Å². The Bertz CT molecular complexity index is 1050. The van der Waals surface area contributed by atoms with Gasteiger partial charge in [-0.05, 0) is 36.8 Å². The Balaban J connectivity index is 1.69. The van der Waals surface area contributed by atoms with E-state index < -0.39 is 0 Å². The molecule has 23 heavy (non-hydrogen) atoms. The molecule has 4 rings (SSSR count). The molecule has 0 bridgehead atoms. The van der Waals surface area contributed by atoms with Crippen molar-refractivity contribution < 1.29 is 4.79 Å². The third kappa shape index (κ3) is 2.46. The van der Waals surface area contributed by atoms with Crippen LogP contribution in [0.4, 0.5) is 5.13 Å². The lowest BCUT2D eigenvalue weighted by Crippen LogP contribution is -2.12. The van der Waals surface area contributed by atoms with Crippen molar-refractivity contribution >= 4 is 49.7 Å². The maximum atomic E-state index is 12.4. The molecule has 0 radical (unpaired) electrons. The van der Waals surface area contributed by atoms with Crippen molar-refractivity contribution in [2.45, 2.75) is 6.92 Å². The van der Waals surface area contributed by atoms with Gasteiger partial charge < -0.3 is 0 Å². The Morgan fingerprint density at radius 2 is 2.17 bits per heavy atom. The lowest BCUT2D eigenvalue weighted by atomic mass is 10.2. The number of carbonyl (C=O) groups excluding carboxylic acids is 1. The van der Waals surface area contributed by atoms with Crippen LogP contribution in [0.5, 0.6) is 0 Å². The lowest BCUT2D eigenvalue weighted by molar-refractivity contribution is 0.102. The quantitative estimate of drug-likeness (QED) is 0.595. The van der Waals surface area contributed by atoms with Gasteiger partial charge in [0, 0.05) is 6.20 Å². The van der Waals surface area contributed by atoms with Crippen LogP contribution in [0.3, 0.4) is 0 Å². The van der Waals surface area contributed by atoms with Crippen LogP contribution >= 0.6 is 22.9 Å². The van der Waals surface area contributed by atoms with Crippen molar-refractivity contribution in [2.75, 3.05) is 5.32 Å². The minimum absolute atomic E-state index is 0.188. The molecule has 0 aliphatic carbocycles. The van der Waals surface area contributed by atoms with Gasteiger partial charge in [0.2, 0.25) is 0 Å². The first-order chi connectivity index (χ1) is 11.1. The number of thiazole rings is 1. The largest absolute Gasteiger partial charge is 0.296 e. The highest BCUT2D eigenvalue weighted by Gasteiger charge is 2.19. The Hall–Kier alpha value is -2.44. The number of benzene rings is 1. The Kier molecular flexibility index (Phi) is 3.28. The molecule has 3 aromatic heterocycles. The van der Waals surface area contributed by atoms with E-state index in [2.05, 4.69) is 15.4 Å².